The lowest BCUT2D eigenvalue weighted by Gasteiger charge is -2.15. The number of esters is 1. The van der Waals surface area contributed by atoms with Crippen LogP contribution in [-0.2, 0) is 14.3 Å². The predicted molar refractivity (Wildman–Crippen MR) is 96.7 cm³/mol. The summed E-state index contributed by atoms with van der Waals surface area (Å²) < 4.78 is 5.05. The second kappa shape index (κ2) is 9.68. The zero-order valence-corrected chi connectivity index (χ0v) is 15.5. The number of rotatable bonds is 6. The molecule has 0 heterocycles. The predicted octanol–water partition coefficient (Wildman–Crippen LogP) is 3.13. The quantitative estimate of drug-likeness (QED) is 0.581. The molecule has 1 saturated carbocycles. The Hall–Kier alpha value is -1.73. The Labute approximate surface area is 156 Å². The molecule has 1 atom stereocenters. The normalized spacial score (nSPS) is 15.4. The van der Waals surface area contributed by atoms with Gasteiger partial charge in [-0.25, -0.2) is 4.79 Å². The van der Waals surface area contributed by atoms with Crippen molar-refractivity contribution in [2.45, 2.75) is 49.6 Å². The fraction of sp³-hybridized carbons (Fsp3) is 0.471. The van der Waals surface area contributed by atoms with Crippen molar-refractivity contribution in [3.8, 4) is 0 Å². The van der Waals surface area contributed by atoms with E-state index in [4.69, 9.17) is 16.3 Å². The van der Waals surface area contributed by atoms with E-state index in [0.717, 1.165) is 30.6 Å². The first kappa shape index (κ1) is 19.6. The van der Waals surface area contributed by atoms with Gasteiger partial charge in [-0.15, -0.1) is 11.8 Å². The molecule has 0 spiro atoms. The van der Waals surface area contributed by atoms with Crippen LogP contribution in [0.2, 0.25) is 5.02 Å². The first-order valence-corrected chi connectivity index (χ1v) is 9.49. The van der Waals surface area contributed by atoms with E-state index in [2.05, 4.69) is 10.6 Å². The van der Waals surface area contributed by atoms with Crippen molar-refractivity contribution in [1.82, 2.24) is 10.6 Å². The lowest BCUT2D eigenvalue weighted by atomic mass is 10.2. The van der Waals surface area contributed by atoms with E-state index in [1.54, 1.807) is 24.3 Å². The van der Waals surface area contributed by atoms with Gasteiger partial charge in [0.15, 0.2) is 6.10 Å². The summed E-state index contributed by atoms with van der Waals surface area (Å²) in [5, 5.41) is 5.57. The number of hydrogen-bond donors (Lipinski definition) is 2. The molecule has 136 valence electrons. The highest BCUT2D eigenvalue weighted by atomic mass is 35.5. The summed E-state index contributed by atoms with van der Waals surface area (Å²) in [5.41, 5.74) is 0. The van der Waals surface area contributed by atoms with E-state index >= 15 is 0 Å². The van der Waals surface area contributed by atoms with Gasteiger partial charge >= 0.3 is 12.0 Å². The van der Waals surface area contributed by atoms with Crippen LogP contribution in [0.5, 0.6) is 0 Å². The standard InChI is InChI=1S/C17H21ClN2O4S/c1-11(16(22)20-17(23)19-13-4-2-3-5-13)24-15(21)10-25-14-8-6-12(18)7-9-14/h6-9,11,13H,2-5,10H2,1H3,(H2,19,20,22,23). The lowest BCUT2D eigenvalue weighted by molar-refractivity contribution is -0.151. The molecular formula is C17H21ClN2O4S. The first-order valence-electron chi connectivity index (χ1n) is 8.13. The molecule has 2 N–H and O–H groups in total. The van der Waals surface area contributed by atoms with Crippen molar-refractivity contribution < 1.29 is 19.1 Å². The molecular weight excluding hydrogens is 364 g/mol. The van der Waals surface area contributed by atoms with Crippen molar-refractivity contribution in [3.05, 3.63) is 29.3 Å². The minimum Gasteiger partial charge on any atom is -0.452 e. The Bertz CT molecular complexity index is 618. The van der Waals surface area contributed by atoms with E-state index in [9.17, 15) is 14.4 Å². The number of hydrogen-bond acceptors (Lipinski definition) is 5. The van der Waals surface area contributed by atoms with Crippen LogP contribution in [0.3, 0.4) is 0 Å². The van der Waals surface area contributed by atoms with Crippen LogP contribution >= 0.6 is 23.4 Å². The molecule has 1 aromatic rings. The highest BCUT2D eigenvalue weighted by Crippen LogP contribution is 2.20. The fourth-order valence-corrected chi connectivity index (χ4v) is 3.27. The highest BCUT2D eigenvalue weighted by molar-refractivity contribution is 8.00. The van der Waals surface area contributed by atoms with Crippen LogP contribution in [0.15, 0.2) is 29.2 Å². The third kappa shape index (κ3) is 6.96. The van der Waals surface area contributed by atoms with E-state index in [-0.39, 0.29) is 11.8 Å². The molecule has 0 radical (unpaired) electrons. The van der Waals surface area contributed by atoms with Gasteiger partial charge in [0, 0.05) is 16.0 Å². The lowest BCUT2D eigenvalue weighted by Crippen LogP contribution is -2.47. The maximum atomic E-state index is 11.9. The molecule has 6 nitrogen and oxygen atoms in total. The molecule has 1 fully saturated rings. The number of amides is 3. The monoisotopic (exact) mass is 384 g/mol. The number of ether oxygens (including phenoxy) is 1. The Morgan fingerprint density at radius 3 is 2.52 bits per heavy atom. The van der Waals surface area contributed by atoms with E-state index < -0.39 is 24.0 Å². The number of carbonyl (C=O) groups excluding carboxylic acids is 3. The largest absolute Gasteiger partial charge is 0.452 e. The van der Waals surface area contributed by atoms with Crippen LogP contribution in [0.1, 0.15) is 32.6 Å². The number of carbonyl (C=O) groups is 3. The molecule has 1 aliphatic rings. The molecule has 1 unspecified atom stereocenters. The van der Waals surface area contributed by atoms with Crippen LogP contribution < -0.4 is 10.6 Å². The van der Waals surface area contributed by atoms with Crippen molar-refractivity contribution >= 4 is 41.3 Å². The maximum absolute atomic E-state index is 11.9. The van der Waals surface area contributed by atoms with Gasteiger partial charge < -0.3 is 10.1 Å². The Morgan fingerprint density at radius 2 is 1.88 bits per heavy atom. The van der Waals surface area contributed by atoms with Crippen LogP contribution in [0.4, 0.5) is 4.79 Å². The number of nitrogens with one attached hydrogen (secondary N) is 2. The van der Waals surface area contributed by atoms with Gasteiger partial charge in [-0.05, 0) is 44.0 Å². The van der Waals surface area contributed by atoms with E-state index in [1.165, 1.54) is 18.7 Å². The zero-order valence-electron chi connectivity index (χ0n) is 13.9. The van der Waals surface area contributed by atoms with Crippen LogP contribution in [-0.4, -0.2) is 35.8 Å². The summed E-state index contributed by atoms with van der Waals surface area (Å²) in [4.78, 5) is 36.3. The average molecular weight is 385 g/mol. The summed E-state index contributed by atoms with van der Waals surface area (Å²) in [6.07, 6.45) is 2.98. The molecule has 0 saturated heterocycles. The Morgan fingerprint density at radius 1 is 1.24 bits per heavy atom. The molecule has 0 bridgehead atoms. The van der Waals surface area contributed by atoms with Gasteiger partial charge in [0.2, 0.25) is 0 Å². The number of thioether (sulfide) groups is 1. The summed E-state index contributed by atoms with van der Waals surface area (Å²) in [6.45, 7) is 1.43. The minimum atomic E-state index is -1.03. The summed E-state index contributed by atoms with van der Waals surface area (Å²) in [5.74, 6) is -1.10. The summed E-state index contributed by atoms with van der Waals surface area (Å²) in [7, 11) is 0. The average Bonchev–Trinajstić information content (AvgIpc) is 3.07. The van der Waals surface area contributed by atoms with Gasteiger partial charge in [0.1, 0.15) is 0 Å². The van der Waals surface area contributed by atoms with Gasteiger partial charge in [-0.2, -0.15) is 0 Å². The van der Waals surface area contributed by atoms with Crippen molar-refractivity contribution in [2.24, 2.45) is 0 Å². The number of benzene rings is 1. The van der Waals surface area contributed by atoms with Crippen molar-refractivity contribution in [2.75, 3.05) is 5.75 Å². The van der Waals surface area contributed by atoms with Gasteiger partial charge in [-0.3, -0.25) is 14.9 Å². The van der Waals surface area contributed by atoms with Crippen molar-refractivity contribution in [1.29, 1.82) is 0 Å². The van der Waals surface area contributed by atoms with Crippen molar-refractivity contribution in [3.63, 3.8) is 0 Å². The number of urea groups is 1. The molecule has 1 aliphatic carbocycles. The van der Waals surface area contributed by atoms with E-state index in [1.807, 2.05) is 0 Å². The molecule has 3 amide bonds. The summed E-state index contributed by atoms with van der Waals surface area (Å²) >= 11 is 7.08. The molecule has 2 rings (SSSR count). The van der Waals surface area contributed by atoms with Crippen LogP contribution in [0.25, 0.3) is 0 Å². The smallest absolute Gasteiger partial charge is 0.321 e. The SMILES string of the molecule is CC(OC(=O)CSc1ccc(Cl)cc1)C(=O)NC(=O)NC1CCCC1. The molecule has 0 aliphatic heterocycles. The first-order chi connectivity index (χ1) is 11.9. The van der Waals surface area contributed by atoms with Gasteiger partial charge in [0.25, 0.3) is 5.91 Å². The van der Waals surface area contributed by atoms with Gasteiger partial charge in [0.05, 0.1) is 5.75 Å². The van der Waals surface area contributed by atoms with Gasteiger partial charge in [-0.1, -0.05) is 24.4 Å². The maximum Gasteiger partial charge on any atom is 0.321 e. The molecule has 0 aromatic heterocycles. The van der Waals surface area contributed by atoms with Crippen LogP contribution in [0, 0.1) is 0 Å². The molecule has 8 heteroatoms. The topological polar surface area (TPSA) is 84.5 Å². The second-order valence-corrected chi connectivity index (χ2v) is 7.30. The Kier molecular flexibility index (Phi) is 7.58. The number of halogens is 1. The molecule has 1 aromatic carbocycles. The molecule has 25 heavy (non-hydrogen) atoms. The third-order valence-corrected chi connectivity index (χ3v) is 5.01. The summed E-state index contributed by atoms with van der Waals surface area (Å²) in [6, 6.07) is 6.62. The second-order valence-electron chi connectivity index (χ2n) is 5.82. The Balaban J connectivity index is 1.69. The highest BCUT2D eigenvalue weighted by Gasteiger charge is 2.22. The third-order valence-electron chi connectivity index (χ3n) is 3.77. The fourth-order valence-electron chi connectivity index (χ4n) is 2.46. The minimum absolute atomic E-state index is 0.0630. The van der Waals surface area contributed by atoms with E-state index in [0.29, 0.717) is 5.02 Å². The zero-order chi connectivity index (χ0) is 18.2. The number of imide groups is 1.